The van der Waals surface area contributed by atoms with Gasteiger partial charge in [0.05, 0.1) is 18.1 Å². The number of rotatable bonds is 3. The number of Topliss-reactive ketones (excluding diaryl/α,β-unsaturated/α-hetero) is 1. The number of carbonyl (C=O) groups is 2. The molecule has 90 valence electrons. The first kappa shape index (κ1) is 12.1. The molecule has 4 nitrogen and oxygen atoms in total. The molecule has 1 aromatic carbocycles. The summed E-state index contributed by atoms with van der Waals surface area (Å²) in [5.74, 6) is -0.0893. The van der Waals surface area contributed by atoms with Gasteiger partial charge in [0.15, 0.2) is 5.78 Å². The first-order valence-corrected chi connectivity index (χ1v) is 5.81. The van der Waals surface area contributed by atoms with Crippen molar-refractivity contribution < 1.29 is 9.59 Å². The summed E-state index contributed by atoms with van der Waals surface area (Å²) in [6, 6.07) is 6.96. The fraction of sp³-hybridized carbons (Fsp3) is 0.333. The van der Waals surface area contributed by atoms with Crippen LogP contribution in [0.5, 0.6) is 0 Å². The van der Waals surface area contributed by atoms with Crippen LogP contribution in [0.4, 0.5) is 0 Å². The van der Waals surface area contributed by atoms with E-state index in [1.54, 1.807) is 24.3 Å². The van der Waals surface area contributed by atoms with Gasteiger partial charge in [-0.25, -0.2) is 0 Å². The van der Waals surface area contributed by atoms with E-state index in [1.165, 1.54) is 0 Å². The zero-order chi connectivity index (χ0) is 12.3. The molecule has 17 heavy (non-hydrogen) atoms. The Morgan fingerprint density at radius 2 is 2.18 bits per heavy atom. The number of nitrogens with zero attached hydrogens (tertiary/aromatic N) is 1. The Morgan fingerprint density at radius 3 is 2.88 bits per heavy atom. The monoisotopic (exact) mass is 252 g/mol. The summed E-state index contributed by atoms with van der Waals surface area (Å²) in [4.78, 5) is 25.0. The van der Waals surface area contributed by atoms with Crippen molar-refractivity contribution in [2.45, 2.75) is 0 Å². The van der Waals surface area contributed by atoms with Gasteiger partial charge in [0.25, 0.3) is 0 Å². The normalized spacial score (nSPS) is 16.6. The van der Waals surface area contributed by atoms with Gasteiger partial charge in [0, 0.05) is 18.7 Å². The van der Waals surface area contributed by atoms with Gasteiger partial charge in [-0.15, -0.1) is 0 Å². The van der Waals surface area contributed by atoms with Crippen molar-refractivity contribution in [1.29, 1.82) is 0 Å². The van der Waals surface area contributed by atoms with Crippen molar-refractivity contribution in [2.75, 3.05) is 26.2 Å². The van der Waals surface area contributed by atoms with Crippen LogP contribution in [0.3, 0.4) is 0 Å². The summed E-state index contributed by atoms with van der Waals surface area (Å²) in [5.41, 5.74) is 0.514. The molecule has 2 rings (SSSR count). The Bertz CT molecular complexity index is 448. The molecule has 1 heterocycles. The van der Waals surface area contributed by atoms with Crippen LogP contribution >= 0.6 is 11.6 Å². The summed E-state index contributed by atoms with van der Waals surface area (Å²) in [5, 5.41) is 3.18. The second-order valence-corrected chi connectivity index (χ2v) is 4.37. The number of ketones is 1. The highest BCUT2D eigenvalue weighted by molar-refractivity contribution is 6.34. The Labute approximate surface area is 105 Å². The molecule has 0 atom stereocenters. The maximum Gasteiger partial charge on any atom is 0.234 e. The molecule has 1 N–H and O–H groups in total. The van der Waals surface area contributed by atoms with E-state index in [1.807, 2.05) is 4.90 Å². The molecule has 1 amide bonds. The SMILES string of the molecule is O=C1CN(CC(=O)c2ccccc2Cl)CCN1. The average molecular weight is 253 g/mol. The quantitative estimate of drug-likeness (QED) is 0.815. The second-order valence-electron chi connectivity index (χ2n) is 3.96. The van der Waals surface area contributed by atoms with Crippen LogP contribution in [0.15, 0.2) is 24.3 Å². The van der Waals surface area contributed by atoms with Crippen molar-refractivity contribution in [1.82, 2.24) is 10.2 Å². The summed E-state index contributed by atoms with van der Waals surface area (Å²) in [6.07, 6.45) is 0. The Morgan fingerprint density at radius 1 is 1.41 bits per heavy atom. The average Bonchev–Trinajstić information content (AvgIpc) is 2.29. The van der Waals surface area contributed by atoms with Crippen LogP contribution in [0.2, 0.25) is 5.02 Å². The molecular weight excluding hydrogens is 240 g/mol. The number of hydrogen-bond donors (Lipinski definition) is 1. The van der Waals surface area contributed by atoms with Crippen LogP contribution in [0.1, 0.15) is 10.4 Å². The van der Waals surface area contributed by atoms with Crippen molar-refractivity contribution in [3.8, 4) is 0 Å². The molecule has 0 aliphatic carbocycles. The molecule has 0 aromatic heterocycles. The number of nitrogens with one attached hydrogen (secondary N) is 1. The minimum atomic E-state index is -0.0506. The molecule has 0 bridgehead atoms. The molecule has 0 radical (unpaired) electrons. The maximum absolute atomic E-state index is 12.0. The highest BCUT2D eigenvalue weighted by Gasteiger charge is 2.20. The van der Waals surface area contributed by atoms with E-state index in [-0.39, 0.29) is 24.8 Å². The van der Waals surface area contributed by atoms with Crippen molar-refractivity contribution in [3.63, 3.8) is 0 Å². The molecule has 1 aromatic rings. The van der Waals surface area contributed by atoms with E-state index < -0.39 is 0 Å². The van der Waals surface area contributed by atoms with Crippen molar-refractivity contribution in [3.05, 3.63) is 34.9 Å². The molecule has 1 aliphatic heterocycles. The van der Waals surface area contributed by atoms with Gasteiger partial charge < -0.3 is 5.32 Å². The van der Waals surface area contributed by atoms with Crippen LogP contribution in [-0.4, -0.2) is 42.8 Å². The topological polar surface area (TPSA) is 49.4 Å². The highest BCUT2D eigenvalue weighted by atomic mass is 35.5. The fourth-order valence-corrected chi connectivity index (χ4v) is 2.04. The van der Waals surface area contributed by atoms with E-state index in [0.29, 0.717) is 23.7 Å². The minimum absolute atomic E-state index is 0.0387. The third-order valence-corrected chi connectivity index (χ3v) is 2.99. The van der Waals surface area contributed by atoms with Gasteiger partial charge >= 0.3 is 0 Å². The van der Waals surface area contributed by atoms with Crippen LogP contribution in [0.25, 0.3) is 0 Å². The van der Waals surface area contributed by atoms with Gasteiger partial charge in [-0.3, -0.25) is 14.5 Å². The summed E-state index contributed by atoms with van der Waals surface area (Å²) >= 11 is 5.95. The number of amides is 1. The first-order valence-electron chi connectivity index (χ1n) is 5.43. The Hall–Kier alpha value is -1.39. The van der Waals surface area contributed by atoms with Crippen LogP contribution in [0, 0.1) is 0 Å². The lowest BCUT2D eigenvalue weighted by molar-refractivity contribution is -0.123. The first-order chi connectivity index (χ1) is 8.16. The van der Waals surface area contributed by atoms with Crippen molar-refractivity contribution in [2.24, 2.45) is 0 Å². The largest absolute Gasteiger partial charge is 0.354 e. The van der Waals surface area contributed by atoms with E-state index in [9.17, 15) is 9.59 Å². The molecule has 0 spiro atoms. The highest BCUT2D eigenvalue weighted by Crippen LogP contribution is 2.15. The Kier molecular flexibility index (Phi) is 3.76. The summed E-state index contributed by atoms with van der Waals surface area (Å²) in [6.45, 7) is 1.80. The predicted molar refractivity (Wildman–Crippen MR) is 65.2 cm³/mol. The third-order valence-electron chi connectivity index (χ3n) is 2.66. The molecule has 1 fully saturated rings. The van der Waals surface area contributed by atoms with Gasteiger partial charge in [-0.2, -0.15) is 0 Å². The molecule has 1 saturated heterocycles. The summed E-state index contributed by atoms with van der Waals surface area (Å²) in [7, 11) is 0. The molecule has 5 heteroatoms. The van der Waals surface area contributed by atoms with E-state index in [2.05, 4.69) is 5.32 Å². The lowest BCUT2D eigenvalue weighted by atomic mass is 10.1. The van der Waals surface area contributed by atoms with Crippen LogP contribution < -0.4 is 5.32 Å². The fourth-order valence-electron chi connectivity index (χ4n) is 1.80. The van der Waals surface area contributed by atoms with Gasteiger partial charge in [-0.05, 0) is 12.1 Å². The van der Waals surface area contributed by atoms with Gasteiger partial charge in [-0.1, -0.05) is 23.7 Å². The minimum Gasteiger partial charge on any atom is -0.354 e. The van der Waals surface area contributed by atoms with E-state index in [4.69, 9.17) is 11.6 Å². The zero-order valence-corrected chi connectivity index (χ0v) is 10.0. The number of carbonyl (C=O) groups excluding carboxylic acids is 2. The lowest BCUT2D eigenvalue weighted by Crippen LogP contribution is -2.49. The standard InChI is InChI=1S/C12H13ClN2O2/c13-10-4-2-1-3-9(10)11(16)7-15-6-5-14-12(17)8-15/h1-4H,5-8H2,(H,14,17). The lowest BCUT2D eigenvalue weighted by Gasteiger charge is -2.25. The number of benzene rings is 1. The Balaban J connectivity index is 2.02. The van der Waals surface area contributed by atoms with Gasteiger partial charge in [0.2, 0.25) is 5.91 Å². The number of piperazine rings is 1. The van der Waals surface area contributed by atoms with E-state index in [0.717, 1.165) is 0 Å². The molecule has 1 aliphatic rings. The smallest absolute Gasteiger partial charge is 0.234 e. The van der Waals surface area contributed by atoms with Crippen LogP contribution in [-0.2, 0) is 4.79 Å². The predicted octanol–water partition coefficient (Wildman–Crippen LogP) is 0.954. The second kappa shape index (κ2) is 5.29. The van der Waals surface area contributed by atoms with Crippen molar-refractivity contribution >= 4 is 23.3 Å². The number of hydrogen-bond acceptors (Lipinski definition) is 3. The molecular formula is C12H13ClN2O2. The number of halogens is 1. The van der Waals surface area contributed by atoms with Gasteiger partial charge in [0.1, 0.15) is 0 Å². The third kappa shape index (κ3) is 3.05. The molecule has 0 saturated carbocycles. The van der Waals surface area contributed by atoms with E-state index >= 15 is 0 Å². The maximum atomic E-state index is 12.0. The zero-order valence-electron chi connectivity index (χ0n) is 9.28. The summed E-state index contributed by atoms with van der Waals surface area (Å²) < 4.78 is 0. The molecule has 0 unspecified atom stereocenters.